The summed E-state index contributed by atoms with van der Waals surface area (Å²) in [6.07, 6.45) is 16.3. The molecule has 1 aliphatic carbocycles. The van der Waals surface area contributed by atoms with Gasteiger partial charge in [-0.2, -0.15) is 0 Å². The van der Waals surface area contributed by atoms with Crippen molar-refractivity contribution in [2.75, 3.05) is 0 Å². The zero-order valence-corrected chi connectivity index (χ0v) is 18.5. The maximum Gasteiger partial charge on any atom is -0.0149 e. The molecule has 0 aliphatic heterocycles. The van der Waals surface area contributed by atoms with Crippen LogP contribution >= 0.6 is 0 Å². The van der Waals surface area contributed by atoms with Crippen LogP contribution in [0.2, 0.25) is 5.23 Å². The summed E-state index contributed by atoms with van der Waals surface area (Å²) in [6.45, 7) is 0. The molecule has 0 radical (unpaired) electrons. The molecule has 151 valence electrons. The third-order valence-electron chi connectivity index (χ3n) is 4.75. The fraction of sp³-hybridized carbons (Fsp3) is 0.0714. The third kappa shape index (κ3) is 8.12. The molecule has 3 aromatic carbocycles. The molecule has 0 amide bonds. The molecule has 0 unspecified atom stereocenters. The summed E-state index contributed by atoms with van der Waals surface area (Å²) in [5, 5.41) is 2.44. The van der Waals surface area contributed by atoms with E-state index < -0.39 is 17.9 Å². The van der Waals surface area contributed by atoms with E-state index in [1.54, 1.807) is 7.75 Å². The first kappa shape index (κ1) is 23.8. The maximum absolute atomic E-state index is 2.44. The minimum Gasteiger partial charge on any atom is -0.0149 e. The van der Waals surface area contributed by atoms with Crippen LogP contribution in [-0.4, -0.2) is 11.0 Å². The number of rotatable bonds is 5. The largest absolute Gasteiger partial charge is 0.0149 e. The summed E-state index contributed by atoms with van der Waals surface area (Å²) in [6, 6.07) is 31.5. The Morgan fingerprint density at radius 1 is 0.667 bits per heavy atom. The average Bonchev–Trinajstić information content (AvgIpc) is 3.34. The van der Waals surface area contributed by atoms with Crippen LogP contribution in [0, 0.1) is 0 Å². The van der Waals surface area contributed by atoms with Crippen LogP contribution < -0.4 is 3.87 Å². The molecule has 0 N–H and O–H groups in total. The summed E-state index contributed by atoms with van der Waals surface area (Å²) < 4.78 is 3.27. The van der Waals surface area contributed by atoms with Gasteiger partial charge in [0.05, 0.1) is 0 Å². The molecular weight excluding hydrogens is 412 g/mol. The number of benzene rings is 3. The average molecular weight is 444 g/mol. The molecular formula is C28H31SiTi. The van der Waals surface area contributed by atoms with Crippen LogP contribution in [0.5, 0.6) is 0 Å². The van der Waals surface area contributed by atoms with Gasteiger partial charge >= 0.3 is 85.8 Å². The predicted molar refractivity (Wildman–Crippen MR) is 136 cm³/mol. The molecule has 0 spiro atoms. The monoisotopic (exact) mass is 443 g/mol. The van der Waals surface area contributed by atoms with Crippen LogP contribution in [0.4, 0.5) is 0 Å². The Balaban J connectivity index is 0.000000211. The first-order chi connectivity index (χ1) is 14.3. The molecule has 1 aliphatic rings. The van der Waals surface area contributed by atoms with Gasteiger partial charge in [0.1, 0.15) is 0 Å². The van der Waals surface area contributed by atoms with E-state index in [4.69, 9.17) is 0 Å². The predicted octanol–water partition coefficient (Wildman–Crippen LogP) is 5.78. The third-order valence-corrected chi connectivity index (χ3v) is 8.70. The Bertz CT molecular complexity index is 923. The topological polar surface area (TPSA) is 0 Å². The van der Waals surface area contributed by atoms with Gasteiger partial charge in [-0.3, -0.25) is 0 Å². The first-order valence-corrected chi connectivity index (χ1v) is 13.1. The molecule has 4 rings (SSSR count). The van der Waals surface area contributed by atoms with Crippen molar-refractivity contribution in [1.82, 2.24) is 0 Å². The molecule has 0 saturated heterocycles. The second-order valence-electron chi connectivity index (χ2n) is 6.85. The second-order valence-corrected chi connectivity index (χ2v) is 10.7. The maximum atomic E-state index is 2.44. The van der Waals surface area contributed by atoms with Gasteiger partial charge in [0.25, 0.3) is 0 Å². The fourth-order valence-corrected chi connectivity index (χ4v) is 5.92. The van der Waals surface area contributed by atoms with Gasteiger partial charge in [0, 0.05) is 0 Å². The van der Waals surface area contributed by atoms with Crippen molar-refractivity contribution in [3.8, 4) is 0 Å². The molecule has 0 saturated carbocycles. The molecule has 0 heterocycles. The van der Waals surface area contributed by atoms with E-state index in [1.165, 1.54) is 17.5 Å². The van der Waals surface area contributed by atoms with Gasteiger partial charge in [-0.25, -0.2) is 0 Å². The minimum absolute atomic E-state index is 0. The zero-order chi connectivity index (χ0) is 20.2. The summed E-state index contributed by atoms with van der Waals surface area (Å²) in [7, 11) is 0. The number of hydrogen-bond acceptors (Lipinski definition) is 0. The van der Waals surface area contributed by atoms with Gasteiger partial charge in [-0.1, -0.05) is 85.0 Å². The molecule has 30 heavy (non-hydrogen) atoms. The van der Waals surface area contributed by atoms with Gasteiger partial charge in [0.2, 0.25) is 0 Å². The van der Waals surface area contributed by atoms with E-state index in [0.29, 0.717) is 0 Å². The van der Waals surface area contributed by atoms with Crippen molar-refractivity contribution in [2.45, 2.75) is 11.6 Å². The number of hydrogen-bond donors (Lipinski definition) is 0. The molecule has 0 fully saturated rings. The van der Waals surface area contributed by atoms with E-state index in [9.17, 15) is 0 Å². The first-order valence-electron chi connectivity index (χ1n) is 10.0. The molecule has 0 atom stereocenters. The van der Waals surface area contributed by atoms with Crippen molar-refractivity contribution in [3.63, 3.8) is 0 Å². The summed E-state index contributed by atoms with van der Waals surface area (Å²) in [5.74, 6) is 0. The molecule has 0 aromatic heterocycles. The number of allylic oxidation sites excluding steroid dienone is 6. The zero-order valence-electron chi connectivity index (χ0n) is 16.9. The van der Waals surface area contributed by atoms with Crippen LogP contribution in [0.25, 0.3) is 12.2 Å². The molecule has 0 bridgehead atoms. The van der Waals surface area contributed by atoms with Gasteiger partial charge in [0.15, 0.2) is 0 Å². The second kappa shape index (κ2) is 13.7. The normalized spacial score (nSPS) is 12.2. The Morgan fingerprint density at radius 2 is 1.13 bits per heavy atom. The van der Waals surface area contributed by atoms with Gasteiger partial charge in [-0.15, -0.1) is 0 Å². The van der Waals surface area contributed by atoms with Crippen molar-refractivity contribution in [2.24, 2.45) is 0 Å². The van der Waals surface area contributed by atoms with Crippen molar-refractivity contribution < 1.29 is 17.9 Å². The Labute approximate surface area is 192 Å². The Kier molecular flexibility index (Phi) is 10.9. The molecule has 0 nitrogen and oxygen atoms in total. The van der Waals surface area contributed by atoms with E-state index in [-0.39, 0.29) is 11.0 Å². The standard InChI is InChI=1S/C16H14.C6H5.C5H5.CH3.H4Si.Ti/c1-3-9-15(10-4-1)13-7-8-14-16-11-5-2-6-12-16;1-2-4-6-5-3-1;1-2-4-5-3-1;;;/h1-14H;1-5H;1-3H,4H2;1H3;1H4;. The molecule has 3 aromatic rings. The Morgan fingerprint density at radius 3 is 1.57 bits per heavy atom. The van der Waals surface area contributed by atoms with Crippen LogP contribution in [0.1, 0.15) is 17.5 Å². The SMILES string of the molecule is C(C=Cc1ccccc1)=Cc1ccccc1.[CH3][Ti]([C]1=CC=CC1)[c]1ccccc1.[SiH4]. The summed E-state index contributed by atoms with van der Waals surface area (Å²) >= 11 is -1.09. The summed E-state index contributed by atoms with van der Waals surface area (Å²) in [5.41, 5.74) is 2.44. The molecule has 2 heteroatoms. The van der Waals surface area contributed by atoms with Crippen LogP contribution in [0.15, 0.2) is 125 Å². The van der Waals surface area contributed by atoms with Crippen molar-refractivity contribution >= 4 is 27.0 Å². The Hall–Kier alpha value is -2.45. The van der Waals surface area contributed by atoms with Crippen molar-refractivity contribution in [1.29, 1.82) is 0 Å². The van der Waals surface area contributed by atoms with Crippen LogP contribution in [-0.2, 0) is 17.9 Å². The van der Waals surface area contributed by atoms with E-state index in [2.05, 4.69) is 102 Å². The minimum atomic E-state index is -1.09. The van der Waals surface area contributed by atoms with Crippen LogP contribution in [0.3, 0.4) is 0 Å². The quantitative estimate of drug-likeness (QED) is 0.346. The van der Waals surface area contributed by atoms with Crippen molar-refractivity contribution in [3.05, 3.63) is 136 Å². The van der Waals surface area contributed by atoms with E-state index in [1.807, 2.05) is 36.4 Å². The van der Waals surface area contributed by atoms with E-state index >= 15 is 0 Å². The smallest absolute Gasteiger partial charge is 0.0149 e. The van der Waals surface area contributed by atoms with Gasteiger partial charge < -0.3 is 0 Å². The van der Waals surface area contributed by atoms with E-state index in [0.717, 1.165) is 0 Å². The summed E-state index contributed by atoms with van der Waals surface area (Å²) in [4.78, 5) is 0. The fourth-order valence-electron chi connectivity index (χ4n) is 3.06. The van der Waals surface area contributed by atoms with Gasteiger partial charge in [-0.05, 0) is 22.1 Å².